The molecule has 0 saturated heterocycles. The maximum Gasteiger partial charge on any atom is 0.178 e. The number of anilines is 1. The third-order valence-corrected chi connectivity index (χ3v) is 5.89. The summed E-state index contributed by atoms with van der Waals surface area (Å²) in [6.45, 7) is 0. The number of rotatable bonds is 2. The summed E-state index contributed by atoms with van der Waals surface area (Å²) in [6, 6.07) is 11.2. The summed E-state index contributed by atoms with van der Waals surface area (Å²) in [4.78, 5) is 0.227. The van der Waals surface area contributed by atoms with Crippen LogP contribution in [0.1, 0.15) is 18.0 Å². The number of hydrogen-bond donors (Lipinski definition) is 1. The predicted octanol–water partition coefficient (Wildman–Crippen LogP) is 3.92. The van der Waals surface area contributed by atoms with E-state index in [-0.39, 0.29) is 16.7 Å². The first-order chi connectivity index (χ1) is 9.95. The molecule has 0 radical (unpaired) electrons. The average molecular weight is 370 g/mol. The van der Waals surface area contributed by atoms with Gasteiger partial charge in [0.25, 0.3) is 0 Å². The van der Waals surface area contributed by atoms with Gasteiger partial charge in [0.1, 0.15) is 5.82 Å². The van der Waals surface area contributed by atoms with Crippen molar-refractivity contribution in [3.63, 3.8) is 0 Å². The lowest BCUT2D eigenvalue weighted by molar-refractivity contribution is 0.570. The van der Waals surface area contributed by atoms with Gasteiger partial charge in [-0.3, -0.25) is 0 Å². The van der Waals surface area contributed by atoms with Crippen molar-refractivity contribution >= 4 is 31.5 Å². The first kappa shape index (κ1) is 14.5. The fraction of sp³-hybridized carbons (Fsp3) is 0.200. The Kier molecular flexibility index (Phi) is 3.75. The fourth-order valence-corrected chi connectivity index (χ4v) is 4.38. The molecule has 1 atom stereocenters. The van der Waals surface area contributed by atoms with Gasteiger partial charge in [-0.15, -0.1) is 0 Å². The number of halogens is 2. The highest BCUT2D eigenvalue weighted by Gasteiger charge is 2.30. The minimum Gasteiger partial charge on any atom is -0.378 e. The molecule has 0 fully saturated rings. The van der Waals surface area contributed by atoms with E-state index in [9.17, 15) is 12.8 Å². The van der Waals surface area contributed by atoms with E-state index in [1.54, 1.807) is 0 Å². The van der Waals surface area contributed by atoms with Gasteiger partial charge in [-0.1, -0.05) is 15.9 Å². The lowest BCUT2D eigenvalue weighted by atomic mass is 10.0. The molecular formula is C15H13BrFNO2S. The van der Waals surface area contributed by atoms with Crippen molar-refractivity contribution < 1.29 is 12.8 Å². The van der Waals surface area contributed by atoms with Crippen LogP contribution in [0.2, 0.25) is 0 Å². The fourth-order valence-electron chi connectivity index (χ4n) is 2.51. The van der Waals surface area contributed by atoms with Crippen LogP contribution in [-0.2, 0) is 9.84 Å². The molecule has 1 unspecified atom stereocenters. The second-order valence-corrected chi connectivity index (χ2v) is 7.99. The molecule has 6 heteroatoms. The van der Waals surface area contributed by atoms with Gasteiger partial charge < -0.3 is 5.32 Å². The second-order valence-electron chi connectivity index (χ2n) is 4.99. The van der Waals surface area contributed by atoms with Crippen molar-refractivity contribution in [2.75, 3.05) is 11.1 Å². The van der Waals surface area contributed by atoms with Crippen LogP contribution in [0, 0.1) is 5.82 Å². The first-order valence-electron chi connectivity index (χ1n) is 6.50. The Balaban J connectivity index is 1.98. The van der Waals surface area contributed by atoms with Gasteiger partial charge in [-0.2, -0.15) is 0 Å². The van der Waals surface area contributed by atoms with E-state index in [0.717, 1.165) is 10.2 Å². The van der Waals surface area contributed by atoms with Crippen LogP contribution in [0.4, 0.5) is 10.1 Å². The van der Waals surface area contributed by atoms with Crippen molar-refractivity contribution in [1.29, 1.82) is 0 Å². The molecule has 3 nitrogen and oxygen atoms in total. The lowest BCUT2D eigenvalue weighted by Gasteiger charge is -2.27. The molecule has 2 aromatic rings. The molecule has 0 aliphatic carbocycles. The van der Waals surface area contributed by atoms with Crippen LogP contribution in [0.25, 0.3) is 0 Å². The monoisotopic (exact) mass is 369 g/mol. The quantitative estimate of drug-likeness (QED) is 0.816. The summed E-state index contributed by atoms with van der Waals surface area (Å²) in [5.74, 6) is -0.353. The van der Waals surface area contributed by atoms with Gasteiger partial charge in [0, 0.05) is 10.2 Å². The van der Waals surface area contributed by atoms with Gasteiger partial charge in [-0.25, -0.2) is 12.8 Å². The SMILES string of the molecule is O=S1(=O)CCC(Nc2ccc(Br)cc2)c2cc(F)ccc21. The molecule has 3 rings (SSSR count). The number of benzene rings is 2. The van der Waals surface area contributed by atoms with E-state index in [2.05, 4.69) is 21.2 Å². The van der Waals surface area contributed by atoms with Crippen LogP contribution in [-0.4, -0.2) is 14.2 Å². The Morgan fingerprint density at radius 3 is 2.57 bits per heavy atom. The molecule has 0 amide bonds. The Bertz CT molecular complexity index is 775. The third-order valence-electron chi connectivity index (χ3n) is 3.54. The minimum atomic E-state index is -3.30. The van der Waals surface area contributed by atoms with E-state index in [1.807, 2.05) is 24.3 Å². The smallest absolute Gasteiger partial charge is 0.178 e. The van der Waals surface area contributed by atoms with Crippen molar-refractivity contribution in [3.05, 3.63) is 58.3 Å². The van der Waals surface area contributed by atoms with E-state index in [0.29, 0.717) is 12.0 Å². The first-order valence-corrected chi connectivity index (χ1v) is 8.94. The summed E-state index contributed by atoms with van der Waals surface area (Å²) in [5.41, 5.74) is 1.38. The largest absolute Gasteiger partial charge is 0.378 e. The van der Waals surface area contributed by atoms with Crippen LogP contribution in [0.3, 0.4) is 0 Å². The van der Waals surface area contributed by atoms with Crippen molar-refractivity contribution in [2.24, 2.45) is 0 Å². The summed E-state index contributed by atoms with van der Waals surface area (Å²) in [5, 5.41) is 3.28. The molecular weight excluding hydrogens is 357 g/mol. The molecule has 0 bridgehead atoms. The normalized spacial score (nSPS) is 19.8. The molecule has 21 heavy (non-hydrogen) atoms. The molecule has 1 heterocycles. The van der Waals surface area contributed by atoms with Crippen LogP contribution in [0.15, 0.2) is 51.8 Å². The van der Waals surface area contributed by atoms with E-state index >= 15 is 0 Å². The molecule has 0 aromatic heterocycles. The van der Waals surface area contributed by atoms with Gasteiger partial charge in [0.2, 0.25) is 0 Å². The maximum atomic E-state index is 13.5. The molecule has 1 aliphatic rings. The Morgan fingerprint density at radius 1 is 1.14 bits per heavy atom. The van der Waals surface area contributed by atoms with Gasteiger partial charge >= 0.3 is 0 Å². The zero-order valence-electron chi connectivity index (χ0n) is 11.0. The highest BCUT2D eigenvalue weighted by atomic mass is 79.9. The van der Waals surface area contributed by atoms with Crippen molar-refractivity contribution in [1.82, 2.24) is 0 Å². The van der Waals surface area contributed by atoms with Crippen LogP contribution in [0.5, 0.6) is 0 Å². The maximum absolute atomic E-state index is 13.5. The average Bonchev–Trinajstić information content (AvgIpc) is 2.44. The summed E-state index contributed by atoms with van der Waals surface area (Å²) >= 11 is 3.36. The molecule has 110 valence electrons. The zero-order chi connectivity index (χ0) is 15.0. The van der Waals surface area contributed by atoms with Crippen LogP contribution < -0.4 is 5.32 Å². The molecule has 0 saturated carbocycles. The van der Waals surface area contributed by atoms with Gasteiger partial charge in [0.15, 0.2) is 9.84 Å². The standard InChI is InChI=1S/C15H13BrFNO2S/c16-10-1-4-12(5-2-10)18-14-7-8-21(19,20)15-6-3-11(17)9-13(14)15/h1-6,9,14,18H,7-8H2. The summed E-state index contributed by atoms with van der Waals surface area (Å²) < 4.78 is 38.6. The summed E-state index contributed by atoms with van der Waals surface area (Å²) in [7, 11) is -3.30. The molecule has 1 N–H and O–H groups in total. The third kappa shape index (κ3) is 2.96. The Labute approximate surface area is 131 Å². The van der Waals surface area contributed by atoms with E-state index in [1.165, 1.54) is 18.2 Å². The lowest BCUT2D eigenvalue weighted by Crippen LogP contribution is -2.24. The zero-order valence-corrected chi connectivity index (χ0v) is 13.4. The van der Waals surface area contributed by atoms with Crippen molar-refractivity contribution in [2.45, 2.75) is 17.4 Å². The minimum absolute atomic E-state index is 0.0693. The number of fused-ring (bicyclic) bond motifs is 1. The van der Waals surface area contributed by atoms with Crippen LogP contribution >= 0.6 is 15.9 Å². The number of nitrogens with one attached hydrogen (secondary N) is 1. The molecule has 2 aromatic carbocycles. The van der Waals surface area contributed by atoms with E-state index < -0.39 is 15.7 Å². The predicted molar refractivity (Wildman–Crippen MR) is 83.6 cm³/mol. The Hall–Kier alpha value is -1.40. The van der Waals surface area contributed by atoms with Crippen molar-refractivity contribution in [3.8, 4) is 0 Å². The molecule has 1 aliphatic heterocycles. The summed E-state index contributed by atoms with van der Waals surface area (Å²) in [6.07, 6.45) is 0.425. The Morgan fingerprint density at radius 2 is 1.86 bits per heavy atom. The van der Waals surface area contributed by atoms with Gasteiger partial charge in [-0.05, 0) is 54.4 Å². The topological polar surface area (TPSA) is 46.2 Å². The van der Waals surface area contributed by atoms with Gasteiger partial charge in [0.05, 0.1) is 16.7 Å². The highest BCUT2D eigenvalue weighted by molar-refractivity contribution is 9.10. The number of hydrogen-bond acceptors (Lipinski definition) is 3. The highest BCUT2D eigenvalue weighted by Crippen LogP contribution is 2.35. The second kappa shape index (κ2) is 5.42. The van der Waals surface area contributed by atoms with E-state index in [4.69, 9.17) is 0 Å². The molecule has 0 spiro atoms. The number of sulfone groups is 1.